The molecule has 1 aromatic rings. The maximum absolute atomic E-state index is 12.1. The molecule has 0 saturated heterocycles. The summed E-state index contributed by atoms with van der Waals surface area (Å²) in [6, 6.07) is 5.22. The van der Waals surface area contributed by atoms with E-state index in [1.54, 1.807) is 0 Å². The first-order chi connectivity index (χ1) is 11.5. The van der Waals surface area contributed by atoms with Crippen LogP contribution >= 0.6 is 0 Å². The summed E-state index contributed by atoms with van der Waals surface area (Å²) in [5, 5.41) is 14.8. The van der Waals surface area contributed by atoms with Crippen LogP contribution in [0.1, 0.15) is 44.2 Å². The minimum absolute atomic E-state index is 0.0320. The van der Waals surface area contributed by atoms with Crippen molar-refractivity contribution in [3.8, 4) is 11.5 Å². The molecule has 0 bridgehead atoms. The predicted octanol–water partition coefficient (Wildman–Crippen LogP) is 2.42. The monoisotopic (exact) mass is 334 g/mol. The van der Waals surface area contributed by atoms with Crippen LogP contribution in [0.15, 0.2) is 18.2 Å². The van der Waals surface area contributed by atoms with E-state index in [0.717, 1.165) is 5.56 Å². The van der Waals surface area contributed by atoms with Crippen LogP contribution in [-0.4, -0.2) is 29.9 Å². The topological polar surface area (TPSA) is 96.9 Å². The van der Waals surface area contributed by atoms with E-state index in [4.69, 9.17) is 14.6 Å². The molecular formula is C17H22N2O5. The molecule has 1 unspecified atom stereocenters. The summed E-state index contributed by atoms with van der Waals surface area (Å²) < 4.78 is 10.6. The molecule has 0 radical (unpaired) electrons. The van der Waals surface area contributed by atoms with Gasteiger partial charge in [-0.2, -0.15) is 0 Å². The number of benzene rings is 1. The number of amides is 2. The highest BCUT2D eigenvalue weighted by atomic mass is 16.7. The first kappa shape index (κ1) is 16.4. The predicted molar refractivity (Wildman–Crippen MR) is 86.0 cm³/mol. The van der Waals surface area contributed by atoms with Crippen molar-refractivity contribution in [3.05, 3.63) is 23.8 Å². The number of hydrogen-bond donors (Lipinski definition) is 3. The number of nitrogens with one attached hydrogen (secondary N) is 2. The molecule has 0 aromatic heterocycles. The molecule has 7 heteroatoms. The fourth-order valence-electron chi connectivity index (χ4n) is 3.17. The molecule has 3 N–H and O–H groups in total. The number of aliphatic carboxylic acids is 1. The SMILES string of the molecule is CC(NC(=O)NC1CCC(C(=O)O)CC1)c1ccc2c(c1)OCO2. The van der Waals surface area contributed by atoms with Crippen LogP contribution in [0, 0.1) is 5.92 Å². The Morgan fingerprint density at radius 1 is 1.17 bits per heavy atom. The van der Waals surface area contributed by atoms with Crippen molar-refractivity contribution in [3.63, 3.8) is 0 Å². The zero-order chi connectivity index (χ0) is 17.1. The highest BCUT2D eigenvalue weighted by Gasteiger charge is 2.27. The van der Waals surface area contributed by atoms with Gasteiger partial charge in [0.2, 0.25) is 6.79 Å². The van der Waals surface area contributed by atoms with Gasteiger partial charge in [-0.05, 0) is 50.3 Å². The quantitative estimate of drug-likeness (QED) is 0.786. The molecule has 1 fully saturated rings. The fourth-order valence-corrected chi connectivity index (χ4v) is 3.17. The van der Waals surface area contributed by atoms with Gasteiger partial charge in [-0.15, -0.1) is 0 Å². The number of hydrogen-bond acceptors (Lipinski definition) is 4. The average Bonchev–Trinajstić information content (AvgIpc) is 3.02. The summed E-state index contributed by atoms with van der Waals surface area (Å²) in [6.07, 6.45) is 2.61. The molecule has 3 rings (SSSR count). The molecule has 1 atom stereocenters. The van der Waals surface area contributed by atoms with Gasteiger partial charge in [-0.1, -0.05) is 6.07 Å². The summed E-state index contributed by atoms with van der Waals surface area (Å²) in [6.45, 7) is 2.12. The summed E-state index contributed by atoms with van der Waals surface area (Å²) in [5.41, 5.74) is 0.934. The second kappa shape index (κ2) is 6.98. The normalized spacial score (nSPS) is 23.4. The van der Waals surface area contributed by atoms with Crippen LogP contribution in [0.4, 0.5) is 4.79 Å². The number of carbonyl (C=O) groups excluding carboxylic acids is 1. The Morgan fingerprint density at radius 2 is 1.88 bits per heavy atom. The van der Waals surface area contributed by atoms with Crippen molar-refractivity contribution in [1.82, 2.24) is 10.6 Å². The third-order valence-electron chi connectivity index (χ3n) is 4.66. The van der Waals surface area contributed by atoms with Crippen molar-refractivity contribution in [1.29, 1.82) is 0 Å². The van der Waals surface area contributed by atoms with E-state index < -0.39 is 5.97 Å². The number of carboxylic acids is 1. The van der Waals surface area contributed by atoms with Gasteiger partial charge >= 0.3 is 12.0 Å². The van der Waals surface area contributed by atoms with Gasteiger partial charge in [0, 0.05) is 6.04 Å². The number of rotatable bonds is 4. The van der Waals surface area contributed by atoms with Crippen molar-refractivity contribution < 1.29 is 24.2 Å². The lowest BCUT2D eigenvalue weighted by Crippen LogP contribution is -2.44. The van der Waals surface area contributed by atoms with Gasteiger partial charge in [0.25, 0.3) is 0 Å². The third-order valence-corrected chi connectivity index (χ3v) is 4.66. The molecule has 1 aromatic carbocycles. The van der Waals surface area contributed by atoms with Gasteiger partial charge in [-0.25, -0.2) is 4.79 Å². The van der Waals surface area contributed by atoms with Crippen LogP contribution in [0.5, 0.6) is 11.5 Å². The largest absolute Gasteiger partial charge is 0.481 e. The molecule has 1 heterocycles. The smallest absolute Gasteiger partial charge is 0.315 e. The number of urea groups is 1. The first-order valence-corrected chi connectivity index (χ1v) is 8.22. The van der Waals surface area contributed by atoms with Crippen LogP contribution in [-0.2, 0) is 4.79 Å². The Morgan fingerprint density at radius 3 is 2.58 bits per heavy atom. The van der Waals surface area contributed by atoms with Crippen molar-refractivity contribution >= 4 is 12.0 Å². The van der Waals surface area contributed by atoms with E-state index in [1.807, 2.05) is 25.1 Å². The molecule has 0 spiro atoms. The average molecular weight is 334 g/mol. The second-order valence-electron chi connectivity index (χ2n) is 6.34. The summed E-state index contributed by atoms with van der Waals surface area (Å²) in [7, 11) is 0. The minimum atomic E-state index is -0.741. The maximum Gasteiger partial charge on any atom is 0.315 e. The molecule has 24 heavy (non-hydrogen) atoms. The molecule has 2 aliphatic rings. The number of ether oxygens (including phenoxy) is 2. The lowest BCUT2D eigenvalue weighted by atomic mass is 9.86. The Kier molecular flexibility index (Phi) is 4.78. The molecule has 7 nitrogen and oxygen atoms in total. The van der Waals surface area contributed by atoms with Gasteiger partial charge in [0.15, 0.2) is 11.5 Å². The van der Waals surface area contributed by atoms with Crippen molar-refractivity contribution in [2.75, 3.05) is 6.79 Å². The maximum atomic E-state index is 12.1. The minimum Gasteiger partial charge on any atom is -0.481 e. The van der Waals surface area contributed by atoms with Gasteiger partial charge in [-0.3, -0.25) is 4.79 Å². The van der Waals surface area contributed by atoms with Crippen LogP contribution < -0.4 is 20.1 Å². The summed E-state index contributed by atoms with van der Waals surface area (Å²) in [5.74, 6) is 0.382. The Bertz CT molecular complexity index is 625. The van der Waals surface area contributed by atoms with Crippen LogP contribution in [0.3, 0.4) is 0 Å². The summed E-state index contributed by atoms with van der Waals surface area (Å²) in [4.78, 5) is 23.1. The van der Waals surface area contributed by atoms with E-state index in [0.29, 0.717) is 37.2 Å². The summed E-state index contributed by atoms with van der Waals surface area (Å²) >= 11 is 0. The first-order valence-electron chi connectivity index (χ1n) is 8.22. The molecule has 1 saturated carbocycles. The molecule has 130 valence electrons. The zero-order valence-electron chi connectivity index (χ0n) is 13.6. The number of carbonyl (C=O) groups is 2. The van der Waals surface area contributed by atoms with Crippen molar-refractivity contribution in [2.24, 2.45) is 5.92 Å². The van der Waals surface area contributed by atoms with E-state index in [9.17, 15) is 9.59 Å². The molecule has 1 aliphatic heterocycles. The van der Waals surface area contributed by atoms with Crippen molar-refractivity contribution in [2.45, 2.75) is 44.7 Å². The lowest BCUT2D eigenvalue weighted by Gasteiger charge is -2.27. The third kappa shape index (κ3) is 3.72. The zero-order valence-corrected chi connectivity index (χ0v) is 13.6. The highest BCUT2D eigenvalue weighted by Crippen LogP contribution is 2.34. The lowest BCUT2D eigenvalue weighted by molar-refractivity contribution is -0.142. The molecule has 1 aliphatic carbocycles. The van der Waals surface area contributed by atoms with Crippen LogP contribution in [0.25, 0.3) is 0 Å². The van der Waals surface area contributed by atoms with Gasteiger partial charge in [0.1, 0.15) is 0 Å². The van der Waals surface area contributed by atoms with E-state index in [-0.39, 0.29) is 30.8 Å². The molecular weight excluding hydrogens is 312 g/mol. The van der Waals surface area contributed by atoms with E-state index in [1.165, 1.54) is 0 Å². The van der Waals surface area contributed by atoms with Crippen LogP contribution in [0.2, 0.25) is 0 Å². The van der Waals surface area contributed by atoms with Gasteiger partial charge in [0.05, 0.1) is 12.0 Å². The number of fused-ring (bicyclic) bond motifs is 1. The Labute approximate surface area is 140 Å². The second-order valence-corrected chi connectivity index (χ2v) is 6.34. The van der Waals surface area contributed by atoms with Gasteiger partial charge < -0.3 is 25.2 Å². The molecule has 2 amide bonds. The van der Waals surface area contributed by atoms with E-state index >= 15 is 0 Å². The Balaban J connectivity index is 1.49. The fraction of sp³-hybridized carbons (Fsp3) is 0.529. The Hall–Kier alpha value is -2.44. The van der Waals surface area contributed by atoms with E-state index in [2.05, 4.69) is 10.6 Å². The highest BCUT2D eigenvalue weighted by molar-refractivity contribution is 5.75. The standard InChI is InChI=1S/C17H22N2O5/c1-10(12-4-7-14-15(8-12)24-9-23-14)18-17(22)19-13-5-2-11(3-6-13)16(20)21/h4,7-8,10-11,13H,2-3,5-6,9H2,1H3,(H,20,21)(H2,18,19,22). The number of carboxylic acid groups (broad SMARTS) is 1.